The number of alkyl halides is 1. The molecular formula is C11H19ClN2. The predicted octanol–water partition coefficient (Wildman–Crippen LogP) is 3.10. The molecule has 0 bridgehead atoms. The second-order valence-electron chi connectivity index (χ2n) is 3.94. The van der Waals surface area contributed by atoms with Gasteiger partial charge in [-0.05, 0) is 31.7 Å². The predicted molar refractivity (Wildman–Crippen MR) is 60.7 cm³/mol. The highest BCUT2D eigenvalue weighted by Crippen LogP contribution is 2.16. The van der Waals surface area contributed by atoms with Gasteiger partial charge < -0.3 is 0 Å². The first kappa shape index (κ1) is 11.6. The second-order valence-corrected chi connectivity index (χ2v) is 4.50. The standard InChI is InChI=1S/C11H19ClN2/c1-4-14-10(7-8-13-14)5-6-11(12)9(2)3/h7-9,11H,4-6H2,1-3H3. The van der Waals surface area contributed by atoms with Crippen molar-refractivity contribution >= 4 is 11.6 Å². The number of nitrogens with zero attached hydrogens (tertiary/aromatic N) is 2. The number of halogens is 1. The van der Waals surface area contributed by atoms with E-state index in [0.717, 1.165) is 19.4 Å². The van der Waals surface area contributed by atoms with Gasteiger partial charge in [0.1, 0.15) is 0 Å². The molecule has 0 radical (unpaired) electrons. The van der Waals surface area contributed by atoms with Gasteiger partial charge in [-0.1, -0.05) is 13.8 Å². The Balaban J connectivity index is 2.45. The molecule has 1 aromatic rings. The summed E-state index contributed by atoms with van der Waals surface area (Å²) in [4.78, 5) is 0. The van der Waals surface area contributed by atoms with Crippen LogP contribution in [-0.4, -0.2) is 15.2 Å². The molecule has 0 fully saturated rings. The third-order valence-electron chi connectivity index (χ3n) is 2.50. The number of hydrogen-bond acceptors (Lipinski definition) is 1. The highest BCUT2D eigenvalue weighted by molar-refractivity contribution is 6.20. The Morgan fingerprint density at radius 3 is 2.79 bits per heavy atom. The fraction of sp³-hybridized carbons (Fsp3) is 0.727. The molecule has 1 rings (SSSR count). The van der Waals surface area contributed by atoms with Crippen molar-refractivity contribution in [1.82, 2.24) is 9.78 Å². The van der Waals surface area contributed by atoms with Gasteiger partial charge in [0.25, 0.3) is 0 Å². The minimum absolute atomic E-state index is 0.273. The molecule has 0 amide bonds. The molecule has 3 heteroatoms. The van der Waals surface area contributed by atoms with Gasteiger partial charge in [0.15, 0.2) is 0 Å². The Morgan fingerprint density at radius 1 is 1.50 bits per heavy atom. The molecule has 0 aromatic carbocycles. The Hall–Kier alpha value is -0.500. The smallest absolute Gasteiger partial charge is 0.0492 e. The Kier molecular flexibility index (Phi) is 4.46. The highest BCUT2D eigenvalue weighted by Gasteiger charge is 2.10. The Morgan fingerprint density at radius 2 is 2.21 bits per heavy atom. The molecule has 14 heavy (non-hydrogen) atoms. The summed E-state index contributed by atoms with van der Waals surface area (Å²) >= 11 is 6.20. The van der Waals surface area contributed by atoms with E-state index < -0.39 is 0 Å². The summed E-state index contributed by atoms with van der Waals surface area (Å²) in [5.74, 6) is 0.551. The minimum Gasteiger partial charge on any atom is -0.270 e. The summed E-state index contributed by atoms with van der Waals surface area (Å²) in [5, 5.41) is 4.50. The summed E-state index contributed by atoms with van der Waals surface area (Å²) in [5.41, 5.74) is 1.29. The van der Waals surface area contributed by atoms with Crippen LogP contribution in [0.3, 0.4) is 0 Å². The van der Waals surface area contributed by atoms with Crippen molar-refractivity contribution < 1.29 is 0 Å². The molecule has 0 N–H and O–H groups in total. The van der Waals surface area contributed by atoms with Crippen LogP contribution in [0.1, 0.15) is 32.9 Å². The molecule has 1 heterocycles. The van der Waals surface area contributed by atoms with Crippen molar-refractivity contribution in [2.24, 2.45) is 5.92 Å². The lowest BCUT2D eigenvalue weighted by Gasteiger charge is -2.13. The van der Waals surface area contributed by atoms with Crippen LogP contribution in [0, 0.1) is 5.92 Å². The molecule has 1 atom stereocenters. The number of aryl methyl sites for hydroxylation is 2. The first-order chi connectivity index (χ1) is 6.65. The lowest BCUT2D eigenvalue weighted by Crippen LogP contribution is -2.11. The van der Waals surface area contributed by atoms with E-state index in [1.54, 1.807) is 0 Å². The van der Waals surface area contributed by atoms with E-state index in [2.05, 4.69) is 31.9 Å². The number of rotatable bonds is 5. The maximum absolute atomic E-state index is 6.20. The van der Waals surface area contributed by atoms with Gasteiger partial charge in [0.2, 0.25) is 0 Å². The highest BCUT2D eigenvalue weighted by atomic mass is 35.5. The monoisotopic (exact) mass is 214 g/mol. The maximum Gasteiger partial charge on any atom is 0.0492 e. The summed E-state index contributed by atoms with van der Waals surface area (Å²) in [7, 11) is 0. The minimum atomic E-state index is 0.273. The zero-order valence-corrected chi connectivity index (χ0v) is 9.96. The van der Waals surface area contributed by atoms with E-state index in [-0.39, 0.29) is 5.38 Å². The van der Waals surface area contributed by atoms with Crippen molar-refractivity contribution in [3.8, 4) is 0 Å². The first-order valence-corrected chi connectivity index (χ1v) is 5.73. The van der Waals surface area contributed by atoms with Crippen LogP contribution in [0.25, 0.3) is 0 Å². The second kappa shape index (κ2) is 5.40. The molecule has 0 saturated heterocycles. The van der Waals surface area contributed by atoms with Crippen LogP contribution < -0.4 is 0 Å². The Labute approximate surface area is 91.3 Å². The zero-order valence-electron chi connectivity index (χ0n) is 9.20. The van der Waals surface area contributed by atoms with E-state index in [4.69, 9.17) is 11.6 Å². The molecule has 0 spiro atoms. The van der Waals surface area contributed by atoms with E-state index in [1.165, 1.54) is 5.69 Å². The SMILES string of the molecule is CCn1nccc1CCC(Cl)C(C)C. The normalized spacial score (nSPS) is 13.5. The topological polar surface area (TPSA) is 17.8 Å². The molecule has 1 aromatic heterocycles. The van der Waals surface area contributed by atoms with Gasteiger partial charge in [-0.25, -0.2) is 0 Å². The summed E-state index contributed by atoms with van der Waals surface area (Å²) in [6.45, 7) is 7.37. The third kappa shape index (κ3) is 3.02. The lowest BCUT2D eigenvalue weighted by atomic mass is 10.0. The molecular weight excluding hydrogens is 196 g/mol. The van der Waals surface area contributed by atoms with Gasteiger partial charge in [0.05, 0.1) is 0 Å². The van der Waals surface area contributed by atoms with Crippen LogP contribution in [0.5, 0.6) is 0 Å². The summed E-state index contributed by atoms with van der Waals surface area (Å²) < 4.78 is 2.03. The van der Waals surface area contributed by atoms with Crippen LogP contribution in [-0.2, 0) is 13.0 Å². The summed E-state index contributed by atoms with van der Waals surface area (Å²) in [6.07, 6.45) is 3.92. The van der Waals surface area contributed by atoms with Crippen LogP contribution >= 0.6 is 11.6 Å². The number of hydrogen-bond donors (Lipinski definition) is 0. The van der Waals surface area contributed by atoms with E-state index in [0.29, 0.717) is 5.92 Å². The van der Waals surface area contributed by atoms with E-state index >= 15 is 0 Å². The largest absolute Gasteiger partial charge is 0.270 e. The van der Waals surface area contributed by atoms with Gasteiger partial charge in [-0.15, -0.1) is 11.6 Å². The molecule has 0 aliphatic rings. The van der Waals surface area contributed by atoms with Crippen LogP contribution in [0.15, 0.2) is 12.3 Å². The fourth-order valence-corrected chi connectivity index (χ4v) is 1.59. The molecule has 0 aliphatic heterocycles. The quantitative estimate of drug-likeness (QED) is 0.689. The van der Waals surface area contributed by atoms with Crippen LogP contribution in [0.4, 0.5) is 0 Å². The van der Waals surface area contributed by atoms with Crippen molar-refractivity contribution in [3.05, 3.63) is 18.0 Å². The zero-order chi connectivity index (χ0) is 10.6. The maximum atomic E-state index is 6.20. The van der Waals surface area contributed by atoms with Gasteiger partial charge in [-0.3, -0.25) is 4.68 Å². The Bertz CT molecular complexity index is 268. The number of aromatic nitrogens is 2. The molecule has 2 nitrogen and oxygen atoms in total. The van der Waals surface area contributed by atoms with Crippen molar-refractivity contribution in [1.29, 1.82) is 0 Å². The van der Waals surface area contributed by atoms with Gasteiger partial charge >= 0.3 is 0 Å². The van der Waals surface area contributed by atoms with E-state index in [1.807, 2.05) is 10.9 Å². The van der Waals surface area contributed by atoms with Crippen molar-refractivity contribution in [2.75, 3.05) is 0 Å². The van der Waals surface area contributed by atoms with Crippen molar-refractivity contribution in [3.63, 3.8) is 0 Å². The third-order valence-corrected chi connectivity index (χ3v) is 3.23. The van der Waals surface area contributed by atoms with Crippen LogP contribution in [0.2, 0.25) is 0 Å². The molecule has 1 unspecified atom stereocenters. The molecule has 80 valence electrons. The van der Waals surface area contributed by atoms with Gasteiger partial charge in [-0.2, -0.15) is 5.10 Å². The van der Waals surface area contributed by atoms with Gasteiger partial charge in [0, 0.05) is 23.8 Å². The average Bonchev–Trinajstić information content (AvgIpc) is 2.60. The first-order valence-electron chi connectivity index (χ1n) is 5.30. The molecule has 0 aliphatic carbocycles. The fourth-order valence-electron chi connectivity index (χ4n) is 1.48. The van der Waals surface area contributed by atoms with E-state index in [9.17, 15) is 0 Å². The lowest BCUT2D eigenvalue weighted by molar-refractivity contribution is 0.543. The average molecular weight is 215 g/mol. The summed E-state index contributed by atoms with van der Waals surface area (Å²) in [6, 6.07) is 2.08. The molecule has 0 saturated carbocycles. The van der Waals surface area contributed by atoms with Crippen molar-refractivity contribution in [2.45, 2.75) is 45.5 Å².